The molecule has 2 N–H and O–H groups in total. The number of carbonyl (C=O) groups excluding carboxylic acids is 2. The molecule has 0 radical (unpaired) electrons. The third-order valence-electron chi connectivity index (χ3n) is 3.62. The number of hydrogen-bond donors (Lipinski definition) is 2. The number of carbonyl (C=O) groups is 2. The van der Waals surface area contributed by atoms with Gasteiger partial charge in [-0.15, -0.1) is 10.2 Å². The van der Waals surface area contributed by atoms with Gasteiger partial charge >= 0.3 is 0 Å². The molecular weight excluding hydrogens is 460 g/mol. The Balaban J connectivity index is 1.53. The Morgan fingerprint density at radius 3 is 2.61 bits per heavy atom. The van der Waals surface area contributed by atoms with Crippen LogP contribution in [-0.4, -0.2) is 27.6 Å². The molecule has 1 aromatic heterocycles. The molecule has 9 heteroatoms. The molecule has 144 valence electrons. The molecule has 0 atom stereocenters. The van der Waals surface area contributed by atoms with E-state index < -0.39 is 0 Å². The lowest BCUT2D eigenvalue weighted by molar-refractivity contribution is -0.115. The zero-order valence-corrected chi connectivity index (χ0v) is 18.2. The van der Waals surface area contributed by atoms with Crippen LogP contribution in [0.4, 0.5) is 16.5 Å². The highest BCUT2D eigenvalue weighted by Gasteiger charge is 2.11. The number of nitrogens with one attached hydrogen (secondary N) is 2. The van der Waals surface area contributed by atoms with E-state index in [1.807, 2.05) is 24.3 Å². The van der Waals surface area contributed by atoms with Gasteiger partial charge in [0.2, 0.25) is 11.0 Å². The zero-order chi connectivity index (χ0) is 19.9. The minimum atomic E-state index is -0.0572. The number of rotatable bonds is 8. The van der Waals surface area contributed by atoms with Crippen LogP contribution in [0.3, 0.4) is 0 Å². The fourth-order valence-electron chi connectivity index (χ4n) is 2.21. The minimum Gasteiger partial charge on any atom is -0.330 e. The number of ketones is 1. The number of benzene rings is 2. The van der Waals surface area contributed by atoms with Gasteiger partial charge in [0.1, 0.15) is 0 Å². The summed E-state index contributed by atoms with van der Waals surface area (Å²) in [4.78, 5) is 23.8. The van der Waals surface area contributed by atoms with Crippen molar-refractivity contribution in [3.63, 3.8) is 0 Å². The summed E-state index contributed by atoms with van der Waals surface area (Å²) in [6, 6.07) is 14.7. The Labute approximate surface area is 179 Å². The quantitative estimate of drug-likeness (QED) is 0.335. The van der Waals surface area contributed by atoms with Gasteiger partial charge in [0.05, 0.1) is 5.75 Å². The second-order valence-corrected chi connectivity index (χ2v) is 8.82. The molecule has 3 rings (SSSR count). The number of amides is 1. The van der Waals surface area contributed by atoms with Crippen LogP contribution in [-0.2, 0) is 4.79 Å². The van der Waals surface area contributed by atoms with Crippen molar-refractivity contribution in [1.82, 2.24) is 10.2 Å². The largest absolute Gasteiger partial charge is 0.330 e. The number of thioether (sulfide) groups is 1. The maximum Gasteiger partial charge on any atom is 0.224 e. The molecule has 0 saturated heterocycles. The molecule has 0 aliphatic carbocycles. The first-order valence-corrected chi connectivity index (χ1v) is 11.0. The van der Waals surface area contributed by atoms with E-state index in [-0.39, 0.29) is 17.4 Å². The maximum atomic E-state index is 12.4. The zero-order valence-electron chi connectivity index (χ0n) is 14.9. The summed E-state index contributed by atoms with van der Waals surface area (Å²) in [5.74, 6) is 0.208. The van der Waals surface area contributed by atoms with Crippen molar-refractivity contribution in [2.24, 2.45) is 0 Å². The monoisotopic (exact) mass is 476 g/mol. The minimum absolute atomic E-state index is 0.00457. The van der Waals surface area contributed by atoms with Gasteiger partial charge in [0.15, 0.2) is 10.1 Å². The normalized spacial score (nSPS) is 10.5. The summed E-state index contributed by atoms with van der Waals surface area (Å²) >= 11 is 6.18. The molecule has 0 unspecified atom stereocenters. The first-order valence-electron chi connectivity index (χ1n) is 8.45. The number of nitrogens with zero attached hydrogens (tertiary/aromatic N) is 2. The van der Waals surface area contributed by atoms with E-state index in [1.165, 1.54) is 23.1 Å². The van der Waals surface area contributed by atoms with Crippen LogP contribution in [0.2, 0.25) is 0 Å². The predicted octanol–water partition coefficient (Wildman–Crippen LogP) is 5.37. The molecule has 6 nitrogen and oxygen atoms in total. The second-order valence-electron chi connectivity index (χ2n) is 5.70. The van der Waals surface area contributed by atoms with Crippen molar-refractivity contribution in [2.75, 3.05) is 16.4 Å². The van der Waals surface area contributed by atoms with Crippen LogP contribution in [0.1, 0.15) is 23.7 Å². The maximum absolute atomic E-state index is 12.4. The molecule has 0 spiro atoms. The molecule has 0 aliphatic heterocycles. The van der Waals surface area contributed by atoms with Gasteiger partial charge in [0, 0.05) is 27.8 Å². The molecule has 1 heterocycles. The van der Waals surface area contributed by atoms with Crippen molar-refractivity contribution in [3.8, 4) is 0 Å². The van der Waals surface area contributed by atoms with Gasteiger partial charge in [-0.2, -0.15) is 0 Å². The van der Waals surface area contributed by atoms with Crippen LogP contribution >= 0.6 is 39.0 Å². The molecule has 28 heavy (non-hydrogen) atoms. The fraction of sp³-hybridized carbons (Fsp3) is 0.158. The summed E-state index contributed by atoms with van der Waals surface area (Å²) in [5, 5.41) is 14.8. The standard InChI is InChI=1S/C19H17BrN4O2S2/c1-2-17(26)21-14-8-6-12(7-9-14)16(25)11-27-19-24-23-18(28-19)22-15-5-3-4-13(20)10-15/h3-10H,2,11H2,1H3,(H,21,26)(H,22,23). The van der Waals surface area contributed by atoms with E-state index in [0.717, 1.165) is 14.5 Å². The molecule has 0 aliphatic rings. The van der Waals surface area contributed by atoms with Crippen molar-refractivity contribution < 1.29 is 9.59 Å². The highest BCUT2D eigenvalue weighted by atomic mass is 79.9. The lowest BCUT2D eigenvalue weighted by atomic mass is 10.1. The molecule has 2 aromatic carbocycles. The van der Waals surface area contributed by atoms with E-state index in [9.17, 15) is 9.59 Å². The van der Waals surface area contributed by atoms with Crippen LogP contribution in [0.5, 0.6) is 0 Å². The summed E-state index contributed by atoms with van der Waals surface area (Å²) in [6.07, 6.45) is 0.414. The Bertz CT molecular complexity index is 976. The number of aromatic nitrogens is 2. The predicted molar refractivity (Wildman–Crippen MR) is 118 cm³/mol. The molecule has 1 amide bonds. The van der Waals surface area contributed by atoms with Gasteiger partial charge in [0.25, 0.3) is 0 Å². The number of Topliss-reactive ketones (excluding diaryl/α,β-unsaturated/α-hetero) is 1. The van der Waals surface area contributed by atoms with Crippen molar-refractivity contribution >= 4 is 67.2 Å². The van der Waals surface area contributed by atoms with Crippen molar-refractivity contribution in [1.29, 1.82) is 0 Å². The van der Waals surface area contributed by atoms with Crippen LogP contribution in [0, 0.1) is 0 Å². The summed E-state index contributed by atoms with van der Waals surface area (Å²) in [5.41, 5.74) is 2.19. The first kappa shape index (κ1) is 20.5. The highest BCUT2D eigenvalue weighted by Crippen LogP contribution is 2.29. The van der Waals surface area contributed by atoms with Crippen LogP contribution in [0.25, 0.3) is 0 Å². The van der Waals surface area contributed by atoms with E-state index >= 15 is 0 Å². The highest BCUT2D eigenvalue weighted by molar-refractivity contribution is 9.10. The topological polar surface area (TPSA) is 84.0 Å². The van der Waals surface area contributed by atoms with E-state index in [1.54, 1.807) is 31.2 Å². The molecular formula is C19H17BrN4O2S2. The first-order chi connectivity index (χ1) is 13.5. The summed E-state index contributed by atoms with van der Waals surface area (Å²) in [7, 11) is 0. The lowest BCUT2D eigenvalue weighted by Gasteiger charge is -2.04. The van der Waals surface area contributed by atoms with E-state index in [0.29, 0.717) is 22.8 Å². The van der Waals surface area contributed by atoms with Gasteiger partial charge in [-0.25, -0.2) is 0 Å². The molecule has 0 fully saturated rings. The smallest absolute Gasteiger partial charge is 0.224 e. The number of hydrogen-bond acceptors (Lipinski definition) is 7. The summed E-state index contributed by atoms with van der Waals surface area (Å²) < 4.78 is 1.69. The van der Waals surface area contributed by atoms with E-state index in [4.69, 9.17) is 0 Å². The van der Waals surface area contributed by atoms with Crippen molar-refractivity contribution in [3.05, 3.63) is 58.6 Å². The number of halogens is 1. The van der Waals surface area contributed by atoms with Crippen LogP contribution < -0.4 is 10.6 Å². The molecule has 0 saturated carbocycles. The van der Waals surface area contributed by atoms with Gasteiger partial charge in [-0.05, 0) is 42.5 Å². The SMILES string of the molecule is CCC(=O)Nc1ccc(C(=O)CSc2nnc(Nc3cccc(Br)c3)s2)cc1. The molecule has 3 aromatic rings. The van der Waals surface area contributed by atoms with Gasteiger partial charge < -0.3 is 10.6 Å². The Hall–Kier alpha value is -2.23. The van der Waals surface area contributed by atoms with Crippen LogP contribution in [0.15, 0.2) is 57.3 Å². The molecule has 0 bridgehead atoms. The Morgan fingerprint density at radius 1 is 1.11 bits per heavy atom. The lowest BCUT2D eigenvalue weighted by Crippen LogP contribution is -2.09. The fourth-order valence-corrected chi connectivity index (χ4v) is 4.27. The number of anilines is 3. The average Bonchev–Trinajstić information content (AvgIpc) is 3.14. The van der Waals surface area contributed by atoms with Gasteiger partial charge in [-0.3, -0.25) is 9.59 Å². The Kier molecular flexibility index (Phi) is 7.18. The second kappa shape index (κ2) is 9.81. The van der Waals surface area contributed by atoms with Gasteiger partial charge in [-0.1, -0.05) is 52.0 Å². The average molecular weight is 477 g/mol. The van der Waals surface area contributed by atoms with Crippen molar-refractivity contribution in [2.45, 2.75) is 17.7 Å². The Morgan fingerprint density at radius 2 is 1.89 bits per heavy atom. The third-order valence-corrected chi connectivity index (χ3v) is 6.09. The third kappa shape index (κ3) is 5.88. The summed E-state index contributed by atoms with van der Waals surface area (Å²) in [6.45, 7) is 1.79. The van der Waals surface area contributed by atoms with E-state index in [2.05, 4.69) is 36.8 Å².